The van der Waals surface area contributed by atoms with Crippen LogP contribution in [0.5, 0.6) is 0 Å². The van der Waals surface area contributed by atoms with Crippen molar-refractivity contribution in [1.29, 1.82) is 0 Å². The second-order valence-electron chi connectivity index (χ2n) is 13.9. The number of allylic oxidation sites excluding steroid dienone is 8. The number of aromatic nitrogens is 1. The van der Waals surface area contributed by atoms with E-state index in [2.05, 4.69) is 134 Å². The molecule has 0 amide bonds. The molecule has 3 aliphatic carbocycles. The molecule has 0 aliphatic heterocycles. The molecule has 0 saturated heterocycles. The number of nitrogens with zero attached hydrogens (tertiary/aromatic N) is 1. The molecule has 48 heavy (non-hydrogen) atoms. The number of benzene rings is 5. The zero-order chi connectivity index (χ0) is 31.9. The van der Waals surface area contributed by atoms with Gasteiger partial charge in [0, 0.05) is 0 Å². The van der Waals surface area contributed by atoms with Gasteiger partial charge in [0.15, 0.2) is 0 Å². The van der Waals surface area contributed by atoms with Crippen molar-refractivity contribution in [2.24, 2.45) is 0 Å². The Balaban J connectivity index is 1.22. The molecule has 1 nitrogen and oxygen atoms in total. The van der Waals surface area contributed by atoms with Gasteiger partial charge in [0.1, 0.15) is 0 Å². The van der Waals surface area contributed by atoms with Gasteiger partial charge >= 0.3 is 0 Å². The fraction of sp³-hybridized carbons (Fsp3) is 0.213. The lowest BCUT2D eigenvalue weighted by atomic mass is 9.80. The minimum Gasteiger partial charge on any atom is -0.248 e. The monoisotopic (exact) mass is 619 g/mol. The van der Waals surface area contributed by atoms with E-state index in [-0.39, 0.29) is 0 Å². The molecule has 1 heteroatoms. The average Bonchev–Trinajstić information content (AvgIpc) is 3.17. The fourth-order valence-corrected chi connectivity index (χ4v) is 8.75. The Hall–Kier alpha value is -5.01. The van der Waals surface area contributed by atoms with E-state index in [1.165, 1.54) is 97.8 Å². The van der Waals surface area contributed by atoms with Crippen molar-refractivity contribution in [3.63, 3.8) is 0 Å². The van der Waals surface area contributed by atoms with E-state index in [0.717, 1.165) is 37.1 Å². The predicted octanol–water partition coefficient (Wildman–Crippen LogP) is 13.3. The van der Waals surface area contributed by atoms with Crippen LogP contribution in [0.3, 0.4) is 0 Å². The molecule has 0 unspecified atom stereocenters. The van der Waals surface area contributed by atoms with E-state index < -0.39 is 0 Å². The molecular weight excluding hydrogens is 579 g/mol. The highest BCUT2D eigenvalue weighted by Gasteiger charge is 2.22. The Morgan fingerprint density at radius 3 is 1.92 bits per heavy atom. The van der Waals surface area contributed by atoms with Crippen molar-refractivity contribution >= 4 is 49.0 Å². The van der Waals surface area contributed by atoms with E-state index in [1.54, 1.807) is 5.56 Å². The Morgan fingerprint density at radius 1 is 0.521 bits per heavy atom. The third-order valence-corrected chi connectivity index (χ3v) is 11.0. The highest BCUT2D eigenvalue weighted by atomic mass is 14.7. The lowest BCUT2D eigenvalue weighted by Crippen LogP contribution is -2.05. The van der Waals surface area contributed by atoms with Gasteiger partial charge in [-0.25, -0.2) is 4.98 Å². The Labute approximate surface area is 284 Å². The zero-order valence-corrected chi connectivity index (χ0v) is 27.6. The van der Waals surface area contributed by atoms with Crippen molar-refractivity contribution in [3.8, 4) is 11.1 Å². The van der Waals surface area contributed by atoms with Gasteiger partial charge in [-0.3, -0.25) is 0 Å². The molecule has 9 rings (SSSR count). The van der Waals surface area contributed by atoms with Gasteiger partial charge in [-0.15, -0.1) is 0 Å². The second-order valence-corrected chi connectivity index (χ2v) is 13.9. The van der Waals surface area contributed by atoms with Gasteiger partial charge in [-0.2, -0.15) is 0 Å². The standard InChI is InChI=1S/C47H41N/c1-3-15-32(16-4-1)36-25-12-27-38-37(36)26-13-28-39(38)47-42-23-9-7-21-40(42)46(41-22-8-10-24-43(41)47)35-20-11-19-34(31-35)45-30-14-29-44(48-45)33-17-5-2-6-18-33/h2,5,7-10,12-14,17,19,21-32H,1,3-4,6,11,15-16,18,20H2. The number of pyridine rings is 1. The first-order chi connectivity index (χ1) is 23.8. The van der Waals surface area contributed by atoms with Crippen LogP contribution in [0.2, 0.25) is 0 Å². The van der Waals surface area contributed by atoms with Crippen molar-refractivity contribution in [2.45, 2.75) is 63.7 Å². The van der Waals surface area contributed by atoms with Gasteiger partial charge in [0.25, 0.3) is 0 Å². The summed E-state index contributed by atoms with van der Waals surface area (Å²) in [5.41, 5.74) is 11.7. The van der Waals surface area contributed by atoms with Crippen LogP contribution in [0.4, 0.5) is 0 Å². The van der Waals surface area contributed by atoms with E-state index in [4.69, 9.17) is 4.98 Å². The fourth-order valence-electron chi connectivity index (χ4n) is 8.75. The van der Waals surface area contributed by atoms with Crippen LogP contribution in [0, 0.1) is 0 Å². The largest absolute Gasteiger partial charge is 0.248 e. The highest BCUT2D eigenvalue weighted by Crippen LogP contribution is 2.47. The maximum atomic E-state index is 5.18. The van der Waals surface area contributed by atoms with Gasteiger partial charge in [-0.1, -0.05) is 135 Å². The number of hydrogen-bond acceptors (Lipinski definition) is 1. The predicted molar refractivity (Wildman–Crippen MR) is 206 cm³/mol. The zero-order valence-electron chi connectivity index (χ0n) is 27.6. The van der Waals surface area contributed by atoms with Gasteiger partial charge in [0.05, 0.1) is 11.4 Å². The van der Waals surface area contributed by atoms with Gasteiger partial charge in [-0.05, 0) is 134 Å². The number of fused-ring (bicyclic) bond motifs is 3. The first-order valence-electron chi connectivity index (χ1n) is 18.0. The molecule has 5 aromatic carbocycles. The summed E-state index contributed by atoms with van der Waals surface area (Å²) in [6.45, 7) is 0. The van der Waals surface area contributed by atoms with E-state index in [0.29, 0.717) is 5.92 Å². The molecule has 1 saturated carbocycles. The lowest BCUT2D eigenvalue weighted by molar-refractivity contribution is 0.445. The summed E-state index contributed by atoms with van der Waals surface area (Å²) in [5, 5.41) is 8.13. The smallest absolute Gasteiger partial charge is 0.0706 e. The molecular formula is C47H41N. The average molecular weight is 620 g/mol. The number of hydrogen-bond donors (Lipinski definition) is 0. The first-order valence-corrected chi connectivity index (χ1v) is 18.0. The van der Waals surface area contributed by atoms with Crippen LogP contribution in [-0.2, 0) is 0 Å². The van der Waals surface area contributed by atoms with Crippen LogP contribution in [0.1, 0.15) is 86.2 Å². The lowest BCUT2D eigenvalue weighted by Gasteiger charge is -2.25. The van der Waals surface area contributed by atoms with E-state index in [9.17, 15) is 0 Å². The Kier molecular flexibility index (Phi) is 7.62. The normalized spacial score (nSPS) is 17.0. The van der Waals surface area contributed by atoms with Gasteiger partial charge < -0.3 is 0 Å². The van der Waals surface area contributed by atoms with Gasteiger partial charge in [0.2, 0.25) is 0 Å². The summed E-state index contributed by atoms with van der Waals surface area (Å²) in [7, 11) is 0. The minimum atomic E-state index is 0.667. The Bertz CT molecular complexity index is 2260. The molecule has 1 heterocycles. The molecule has 0 N–H and O–H groups in total. The molecule has 3 aliphatic rings. The summed E-state index contributed by atoms with van der Waals surface area (Å²) in [6, 6.07) is 38.8. The quantitative estimate of drug-likeness (QED) is 0.175. The van der Waals surface area contributed by atoms with Crippen LogP contribution >= 0.6 is 0 Å². The highest BCUT2D eigenvalue weighted by molar-refractivity contribution is 6.21. The molecule has 1 aromatic heterocycles. The third kappa shape index (κ3) is 5.13. The SMILES string of the molecule is C1=CCCC(c2cccc(C3=CCCC(c4c5ccccc5c(-c5cccc6c(C7CCCCC7)cccc56)c5ccccc45)=C3)n2)=C1. The topological polar surface area (TPSA) is 12.9 Å². The molecule has 0 atom stereocenters. The van der Waals surface area contributed by atoms with Crippen molar-refractivity contribution in [3.05, 3.63) is 156 Å². The summed E-state index contributed by atoms with van der Waals surface area (Å²) < 4.78 is 0. The van der Waals surface area contributed by atoms with Crippen LogP contribution < -0.4 is 0 Å². The maximum absolute atomic E-state index is 5.18. The summed E-state index contributed by atoms with van der Waals surface area (Å²) >= 11 is 0. The summed E-state index contributed by atoms with van der Waals surface area (Å²) in [4.78, 5) is 5.18. The van der Waals surface area contributed by atoms with Crippen molar-refractivity contribution < 1.29 is 0 Å². The molecule has 0 bridgehead atoms. The molecule has 6 aromatic rings. The molecule has 1 fully saturated rings. The molecule has 0 spiro atoms. The Morgan fingerprint density at radius 2 is 1.17 bits per heavy atom. The maximum Gasteiger partial charge on any atom is 0.0706 e. The van der Waals surface area contributed by atoms with Crippen LogP contribution in [0.15, 0.2) is 134 Å². The van der Waals surface area contributed by atoms with E-state index >= 15 is 0 Å². The van der Waals surface area contributed by atoms with Crippen molar-refractivity contribution in [2.75, 3.05) is 0 Å². The van der Waals surface area contributed by atoms with Crippen LogP contribution in [0.25, 0.3) is 60.2 Å². The number of rotatable bonds is 5. The summed E-state index contributed by atoms with van der Waals surface area (Å²) in [5.74, 6) is 0.667. The van der Waals surface area contributed by atoms with E-state index in [1.807, 2.05) is 0 Å². The van der Waals surface area contributed by atoms with Crippen molar-refractivity contribution in [1.82, 2.24) is 4.98 Å². The van der Waals surface area contributed by atoms with Crippen LogP contribution in [-0.4, -0.2) is 4.98 Å². The molecule has 0 radical (unpaired) electrons. The first kappa shape index (κ1) is 29.2. The minimum absolute atomic E-state index is 0.667. The summed E-state index contributed by atoms with van der Waals surface area (Å²) in [6.07, 6.45) is 22.3. The third-order valence-electron chi connectivity index (χ3n) is 11.0. The molecule has 234 valence electrons. The second kappa shape index (κ2) is 12.5.